The van der Waals surface area contributed by atoms with Gasteiger partial charge >= 0.3 is 0 Å². The first-order valence-corrected chi connectivity index (χ1v) is 10.5. The Morgan fingerprint density at radius 2 is 1.75 bits per heavy atom. The van der Waals surface area contributed by atoms with Crippen molar-refractivity contribution in [2.24, 2.45) is 5.18 Å². The highest BCUT2D eigenvalue weighted by atomic mass is 16.3. The number of amides is 1. The Hall–Kier alpha value is -2.94. The van der Waals surface area contributed by atoms with Gasteiger partial charge in [0.1, 0.15) is 12.0 Å². The molecule has 0 saturated carbocycles. The van der Waals surface area contributed by atoms with Gasteiger partial charge in [0, 0.05) is 44.3 Å². The van der Waals surface area contributed by atoms with Crippen LogP contribution in [0.2, 0.25) is 0 Å². The number of rotatable bonds is 16. The van der Waals surface area contributed by atoms with E-state index in [9.17, 15) is 24.7 Å². The molecule has 1 aromatic rings. The molecular weight excluding hydrogens is 410 g/mol. The van der Waals surface area contributed by atoms with E-state index in [1.807, 2.05) is 41.0 Å². The molecule has 0 spiro atoms. The van der Waals surface area contributed by atoms with Crippen LogP contribution >= 0.6 is 0 Å². The third-order valence-electron chi connectivity index (χ3n) is 5.12. The lowest BCUT2D eigenvalue weighted by atomic mass is 10.1. The fourth-order valence-corrected chi connectivity index (χ4v) is 3.12. The van der Waals surface area contributed by atoms with E-state index in [2.05, 4.69) is 11.8 Å². The molecule has 2 N–H and O–H groups in total. The van der Waals surface area contributed by atoms with Crippen LogP contribution in [0.5, 0.6) is 0 Å². The summed E-state index contributed by atoms with van der Waals surface area (Å²) in [5, 5.41) is 22.1. The smallest absolute Gasteiger partial charge is 0.287 e. The lowest BCUT2D eigenvalue weighted by Crippen LogP contribution is -2.37. The molecule has 8 nitrogen and oxygen atoms in total. The Bertz CT molecular complexity index is 820. The molecule has 1 rings (SSSR count). The monoisotopic (exact) mass is 443 g/mol. The second kappa shape index (κ2) is 15.8. The molecule has 0 saturated heterocycles. The van der Waals surface area contributed by atoms with E-state index in [4.69, 9.17) is 0 Å². The number of allylic oxidation sites excluding steroid dienone is 3. The van der Waals surface area contributed by atoms with Gasteiger partial charge in [-0.1, -0.05) is 43.0 Å². The highest BCUT2D eigenvalue weighted by Gasteiger charge is 2.14. The van der Waals surface area contributed by atoms with Crippen molar-refractivity contribution >= 4 is 12.2 Å². The first-order valence-electron chi connectivity index (χ1n) is 10.5. The van der Waals surface area contributed by atoms with Crippen molar-refractivity contribution in [3.63, 3.8) is 0 Å². The largest absolute Gasteiger partial charge is 0.508 e. The van der Waals surface area contributed by atoms with Gasteiger partial charge in [0.2, 0.25) is 0 Å². The zero-order valence-electron chi connectivity index (χ0n) is 18.7. The number of carbonyl (C=O) groups is 2. The van der Waals surface area contributed by atoms with Crippen LogP contribution in [0.1, 0.15) is 30.9 Å². The molecule has 174 valence electrons. The standard InChI is InChI=1S/C24H33N3O5/c1-3-4-9-23(30)20(2)10-12-26(13-11-24(31)25-32)14-15-27(16-17-28)18-21-7-5-6-8-22(21)19-29/h3-9,17,29-30H,1,10-16,18-19H2,2H3/b9-4-,23-20-. The molecule has 8 heteroatoms. The Balaban J connectivity index is 2.82. The number of hydrogen-bond acceptors (Lipinski definition) is 7. The normalized spacial score (nSPS) is 12.2. The molecule has 0 atom stereocenters. The average Bonchev–Trinajstić information content (AvgIpc) is 2.81. The first-order chi connectivity index (χ1) is 15.4. The zero-order valence-corrected chi connectivity index (χ0v) is 18.7. The predicted molar refractivity (Wildman–Crippen MR) is 125 cm³/mol. The van der Waals surface area contributed by atoms with Gasteiger partial charge in [-0.05, 0) is 36.1 Å². The topological polar surface area (TPSA) is 111 Å². The third kappa shape index (κ3) is 10.4. The second-order valence-electron chi connectivity index (χ2n) is 7.42. The number of hydrogen-bond donors (Lipinski definition) is 2. The Labute approximate surface area is 189 Å². The molecule has 0 bridgehead atoms. The highest BCUT2D eigenvalue weighted by Crippen LogP contribution is 2.13. The fourth-order valence-electron chi connectivity index (χ4n) is 3.12. The van der Waals surface area contributed by atoms with Gasteiger partial charge in [0.15, 0.2) is 0 Å². The van der Waals surface area contributed by atoms with Crippen LogP contribution in [-0.2, 0) is 22.7 Å². The molecular formula is C24H33N3O5. The van der Waals surface area contributed by atoms with Crippen molar-refractivity contribution in [1.29, 1.82) is 0 Å². The fraction of sp³-hybridized carbons (Fsp3) is 0.417. The second-order valence-corrected chi connectivity index (χ2v) is 7.42. The third-order valence-corrected chi connectivity index (χ3v) is 5.12. The average molecular weight is 444 g/mol. The lowest BCUT2D eigenvalue weighted by molar-refractivity contribution is -0.118. The van der Waals surface area contributed by atoms with Crippen LogP contribution in [0.3, 0.4) is 0 Å². The summed E-state index contributed by atoms with van der Waals surface area (Å²) in [7, 11) is 0. The van der Waals surface area contributed by atoms with Gasteiger partial charge in [-0.3, -0.25) is 9.69 Å². The van der Waals surface area contributed by atoms with E-state index in [1.54, 1.807) is 18.2 Å². The predicted octanol–water partition coefficient (Wildman–Crippen LogP) is 3.13. The number of nitrogens with zero attached hydrogens (tertiary/aromatic N) is 3. The van der Waals surface area contributed by atoms with Crippen molar-refractivity contribution in [3.05, 3.63) is 76.4 Å². The summed E-state index contributed by atoms with van der Waals surface area (Å²) in [6.45, 7) is 8.07. The molecule has 1 amide bonds. The van der Waals surface area contributed by atoms with Gasteiger partial charge in [-0.25, -0.2) is 0 Å². The highest BCUT2D eigenvalue weighted by molar-refractivity contribution is 5.76. The van der Waals surface area contributed by atoms with Gasteiger partial charge in [0.05, 0.1) is 13.2 Å². The van der Waals surface area contributed by atoms with Crippen molar-refractivity contribution in [1.82, 2.24) is 9.80 Å². The molecule has 0 aliphatic rings. The van der Waals surface area contributed by atoms with E-state index in [1.165, 1.54) is 0 Å². The molecule has 0 aromatic heterocycles. The summed E-state index contributed by atoms with van der Waals surface area (Å²) in [6, 6.07) is 7.51. The number of aldehydes is 1. The minimum atomic E-state index is -0.708. The van der Waals surface area contributed by atoms with Crippen LogP contribution in [-0.4, -0.2) is 64.9 Å². The van der Waals surface area contributed by atoms with Gasteiger partial charge < -0.3 is 19.9 Å². The Morgan fingerprint density at radius 1 is 1.09 bits per heavy atom. The quantitative estimate of drug-likeness (QED) is 0.175. The summed E-state index contributed by atoms with van der Waals surface area (Å²) in [6.07, 6.45) is 6.20. The SMILES string of the molecule is C=C/C=C\C(O)=C(/C)CCN(CCC(=O)N=O)CCN(CC=O)Cc1ccccc1CO. The molecule has 0 aliphatic heterocycles. The number of aliphatic hydroxyl groups excluding tert-OH is 2. The summed E-state index contributed by atoms with van der Waals surface area (Å²) in [4.78, 5) is 37.0. The minimum Gasteiger partial charge on any atom is -0.508 e. The minimum absolute atomic E-state index is 0.00956. The van der Waals surface area contributed by atoms with Gasteiger partial charge in [0.25, 0.3) is 5.91 Å². The molecule has 0 aliphatic carbocycles. The first kappa shape index (κ1) is 27.1. The van der Waals surface area contributed by atoms with Crippen LogP contribution in [0.4, 0.5) is 0 Å². The molecule has 32 heavy (non-hydrogen) atoms. The summed E-state index contributed by atoms with van der Waals surface area (Å²) >= 11 is 0. The maximum atomic E-state index is 11.4. The van der Waals surface area contributed by atoms with Gasteiger partial charge in [-0.2, -0.15) is 0 Å². The van der Waals surface area contributed by atoms with E-state index in [0.717, 1.165) is 23.0 Å². The summed E-state index contributed by atoms with van der Waals surface area (Å²) in [5.74, 6) is -0.542. The van der Waals surface area contributed by atoms with Crippen LogP contribution < -0.4 is 0 Å². The van der Waals surface area contributed by atoms with Crippen LogP contribution in [0.15, 0.2) is 65.6 Å². The van der Waals surface area contributed by atoms with Crippen LogP contribution in [0, 0.1) is 4.91 Å². The molecule has 0 fully saturated rings. The maximum Gasteiger partial charge on any atom is 0.287 e. The summed E-state index contributed by atoms with van der Waals surface area (Å²) in [5.41, 5.74) is 2.54. The van der Waals surface area contributed by atoms with Crippen molar-refractivity contribution < 1.29 is 19.8 Å². The van der Waals surface area contributed by atoms with E-state index in [0.29, 0.717) is 39.1 Å². The molecule has 0 heterocycles. The van der Waals surface area contributed by atoms with E-state index in [-0.39, 0.29) is 25.3 Å². The number of benzene rings is 1. The molecule has 1 aromatic carbocycles. The van der Waals surface area contributed by atoms with Crippen molar-refractivity contribution in [2.75, 3.05) is 32.7 Å². The molecule has 0 radical (unpaired) electrons. The van der Waals surface area contributed by atoms with Gasteiger partial charge in [-0.15, -0.1) is 4.91 Å². The number of carbonyl (C=O) groups excluding carboxylic acids is 2. The summed E-state index contributed by atoms with van der Waals surface area (Å²) < 4.78 is 0. The Morgan fingerprint density at radius 3 is 2.38 bits per heavy atom. The van der Waals surface area contributed by atoms with Crippen molar-refractivity contribution in [3.8, 4) is 0 Å². The molecule has 0 unspecified atom stereocenters. The Kier molecular flexibility index (Phi) is 13.4. The number of nitroso groups, excluding NO2 is 1. The van der Waals surface area contributed by atoms with Crippen LogP contribution in [0.25, 0.3) is 0 Å². The van der Waals surface area contributed by atoms with E-state index >= 15 is 0 Å². The van der Waals surface area contributed by atoms with E-state index < -0.39 is 5.91 Å². The lowest BCUT2D eigenvalue weighted by Gasteiger charge is -2.27. The number of aliphatic hydroxyl groups is 2. The van der Waals surface area contributed by atoms with Crippen molar-refractivity contribution in [2.45, 2.75) is 32.9 Å². The zero-order chi connectivity index (χ0) is 23.8. The maximum absolute atomic E-state index is 11.4.